The summed E-state index contributed by atoms with van der Waals surface area (Å²) >= 11 is 0. The van der Waals surface area contributed by atoms with Crippen LogP contribution in [0.3, 0.4) is 0 Å². The highest BCUT2D eigenvalue weighted by Crippen LogP contribution is 2.34. The fraction of sp³-hybridized carbons (Fsp3) is 0.300. The highest BCUT2D eigenvalue weighted by molar-refractivity contribution is 7.89. The molecule has 0 unspecified atom stereocenters. The van der Waals surface area contributed by atoms with Crippen molar-refractivity contribution in [3.8, 4) is 0 Å². The number of hydrogen-bond acceptors (Lipinski definition) is 7. The van der Waals surface area contributed by atoms with Crippen LogP contribution in [0.5, 0.6) is 0 Å². The summed E-state index contributed by atoms with van der Waals surface area (Å²) in [6.45, 7) is 2.56. The first-order chi connectivity index (χ1) is 14.9. The lowest BCUT2D eigenvalue weighted by molar-refractivity contribution is -0.385. The Morgan fingerprint density at radius 2 is 1.87 bits per heavy atom. The fourth-order valence-electron chi connectivity index (χ4n) is 3.61. The predicted octanol–water partition coefficient (Wildman–Crippen LogP) is 3.01. The number of benzene rings is 2. The molecule has 3 aromatic rings. The van der Waals surface area contributed by atoms with E-state index < -0.39 is 21.0 Å². The summed E-state index contributed by atoms with van der Waals surface area (Å²) in [5.41, 5.74) is 0.798. The third-order valence-electron chi connectivity index (χ3n) is 5.16. The zero-order chi connectivity index (χ0) is 22.0. The number of aromatic nitrogens is 3. The summed E-state index contributed by atoms with van der Waals surface area (Å²) in [6.07, 6.45) is 1.53. The number of rotatable bonds is 7. The van der Waals surface area contributed by atoms with Crippen molar-refractivity contribution in [3.05, 3.63) is 75.9 Å². The van der Waals surface area contributed by atoms with Crippen LogP contribution in [0.1, 0.15) is 36.1 Å². The normalized spacial score (nSPS) is 15.6. The van der Waals surface area contributed by atoms with Gasteiger partial charge in [0.2, 0.25) is 10.0 Å². The van der Waals surface area contributed by atoms with E-state index in [0.29, 0.717) is 24.7 Å². The van der Waals surface area contributed by atoms with Gasteiger partial charge in [-0.25, -0.2) is 13.4 Å². The summed E-state index contributed by atoms with van der Waals surface area (Å²) in [6, 6.07) is 12.6. The smallest absolute Gasteiger partial charge is 0.270 e. The van der Waals surface area contributed by atoms with E-state index in [0.717, 1.165) is 24.5 Å². The number of non-ortho nitro benzene ring substituents is 1. The topological polar surface area (TPSA) is 134 Å². The van der Waals surface area contributed by atoms with Gasteiger partial charge in [0.25, 0.3) is 5.69 Å². The van der Waals surface area contributed by atoms with Crippen molar-refractivity contribution >= 4 is 21.4 Å². The minimum Gasteiger partial charge on any atom is -0.370 e. The molecule has 10 nitrogen and oxygen atoms in total. The lowest BCUT2D eigenvalue weighted by Crippen LogP contribution is -2.29. The van der Waals surface area contributed by atoms with Gasteiger partial charge in [-0.3, -0.25) is 15.2 Å². The molecule has 2 heterocycles. The lowest BCUT2D eigenvalue weighted by atomic mass is 10.1. The summed E-state index contributed by atoms with van der Waals surface area (Å²) in [4.78, 5) is 15.0. The number of anilines is 1. The molecule has 0 amide bonds. The second kappa shape index (κ2) is 8.44. The Morgan fingerprint density at radius 1 is 1.16 bits per heavy atom. The molecular formula is C20H22N6O4S. The van der Waals surface area contributed by atoms with Crippen LogP contribution in [-0.2, 0) is 10.0 Å². The predicted molar refractivity (Wildman–Crippen MR) is 114 cm³/mol. The van der Waals surface area contributed by atoms with Crippen LogP contribution < -0.4 is 5.32 Å². The minimum absolute atomic E-state index is 0.128. The van der Waals surface area contributed by atoms with E-state index in [1.807, 2.05) is 30.3 Å². The molecule has 0 spiro atoms. The molecule has 11 heteroatoms. The Hall–Kier alpha value is -3.31. The van der Waals surface area contributed by atoms with Crippen molar-refractivity contribution in [1.29, 1.82) is 0 Å². The maximum atomic E-state index is 13.3. The van der Waals surface area contributed by atoms with E-state index in [2.05, 4.69) is 20.5 Å². The van der Waals surface area contributed by atoms with E-state index in [4.69, 9.17) is 0 Å². The molecule has 2 N–H and O–H groups in total. The molecule has 1 aliphatic rings. The van der Waals surface area contributed by atoms with Gasteiger partial charge >= 0.3 is 0 Å². The van der Waals surface area contributed by atoms with Crippen LogP contribution in [0.15, 0.2) is 53.4 Å². The van der Waals surface area contributed by atoms with Crippen LogP contribution in [0.25, 0.3) is 0 Å². The Balaban J connectivity index is 1.81. The lowest BCUT2D eigenvalue weighted by Gasteiger charge is -2.22. The quantitative estimate of drug-likeness (QED) is 0.424. The molecule has 4 rings (SSSR count). The summed E-state index contributed by atoms with van der Waals surface area (Å²) in [5.74, 6) is 1.05. The van der Waals surface area contributed by atoms with E-state index in [9.17, 15) is 18.5 Å². The Morgan fingerprint density at radius 3 is 2.48 bits per heavy atom. The Labute approximate surface area is 179 Å². The summed E-state index contributed by atoms with van der Waals surface area (Å²) in [7, 11) is -3.91. The molecule has 1 aromatic heterocycles. The number of aromatic amines is 1. The van der Waals surface area contributed by atoms with Gasteiger partial charge in [-0.15, -0.1) is 0 Å². The number of nitrogens with one attached hydrogen (secondary N) is 2. The van der Waals surface area contributed by atoms with Gasteiger partial charge in [0.15, 0.2) is 5.82 Å². The monoisotopic (exact) mass is 442 g/mol. The highest BCUT2D eigenvalue weighted by Gasteiger charge is 2.32. The fourth-order valence-corrected chi connectivity index (χ4v) is 5.30. The van der Waals surface area contributed by atoms with Gasteiger partial charge in [-0.2, -0.15) is 9.40 Å². The standard InChI is InChI=1S/C20H22N6O4S/c1-14-21-20(24-23-14)19(15-7-3-2-4-8-15)22-17-10-9-16(26(27)28)13-18(17)31(29,30)25-11-5-6-12-25/h2-4,7-10,13,19,22H,5-6,11-12H2,1H3,(H,21,23,24)/t19-/m1/s1. The number of H-pyrrole nitrogens is 1. The molecule has 1 saturated heterocycles. The molecule has 0 aliphatic carbocycles. The van der Waals surface area contributed by atoms with Crippen molar-refractivity contribution in [2.24, 2.45) is 0 Å². The van der Waals surface area contributed by atoms with Crippen molar-refractivity contribution < 1.29 is 13.3 Å². The molecular weight excluding hydrogens is 420 g/mol. The molecule has 2 aromatic carbocycles. The van der Waals surface area contributed by atoms with E-state index in [-0.39, 0.29) is 16.3 Å². The molecule has 0 bridgehead atoms. The average molecular weight is 443 g/mol. The van der Waals surface area contributed by atoms with Gasteiger partial charge in [-0.05, 0) is 31.4 Å². The minimum atomic E-state index is -3.91. The van der Waals surface area contributed by atoms with Crippen LogP contribution in [0.4, 0.5) is 11.4 Å². The van der Waals surface area contributed by atoms with E-state index in [1.54, 1.807) is 6.92 Å². The molecule has 31 heavy (non-hydrogen) atoms. The molecule has 1 aliphatic heterocycles. The molecule has 162 valence electrons. The zero-order valence-corrected chi connectivity index (χ0v) is 17.7. The van der Waals surface area contributed by atoms with Crippen molar-refractivity contribution in [1.82, 2.24) is 19.5 Å². The first-order valence-corrected chi connectivity index (χ1v) is 11.3. The average Bonchev–Trinajstić information content (AvgIpc) is 3.45. The number of nitro groups is 1. The van der Waals surface area contributed by atoms with Crippen molar-refractivity contribution in [3.63, 3.8) is 0 Å². The second-order valence-electron chi connectivity index (χ2n) is 7.32. The summed E-state index contributed by atoms with van der Waals surface area (Å²) in [5, 5.41) is 21.6. The van der Waals surface area contributed by atoms with Crippen LogP contribution in [0, 0.1) is 17.0 Å². The number of hydrogen-bond donors (Lipinski definition) is 2. The van der Waals surface area contributed by atoms with Crippen LogP contribution in [-0.4, -0.2) is 45.9 Å². The maximum Gasteiger partial charge on any atom is 0.270 e. The van der Waals surface area contributed by atoms with E-state index >= 15 is 0 Å². The van der Waals surface area contributed by atoms with Crippen LogP contribution >= 0.6 is 0 Å². The first-order valence-electron chi connectivity index (χ1n) is 9.85. The van der Waals surface area contributed by atoms with E-state index in [1.165, 1.54) is 16.4 Å². The number of aryl methyl sites for hydroxylation is 1. The van der Waals surface area contributed by atoms with Gasteiger partial charge in [0, 0.05) is 25.2 Å². The Bertz CT molecular complexity index is 1190. The van der Waals surface area contributed by atoms with Crippen LogP contribution in [0.2, 0.25) is 0 Å². The highest BCUT2D eigenvalue weighted by atomic mass is 32.2. The summed E-state index contributed by atoms with van der Waals surface area (Å²) < 4.78 is 28.0. The number of nitrogens with zero attached hydrogens (tertiary/aromatic N) is 4. The van der Waals surface area contributed by atoms with Crippen molar-refractivity contribution in [2.75, 3.05) is 18.4 Å². The molecule has 0 radical (unpaired) electrons. The number of nitro benzene ring substituents is 1. The zero-order valence-electron chi connectivity index (χ0n) is 16.9. The van der Waals surface area contributed by atoms with Crippen molar-refractivity contribution in [2.45, 2.75) is 30.7 Å². The molecule has 0 saturated carbocycles. The third-order valence-corrected chi connectivity index (χ3v) is 7.10. The molecule has 1 fully saturated rings. The second-order valence-corrected chi connectivity index (χ2v) is 9.22. The van der Waals surface area contributed by atoms with Gasteiger partial charge < -0.3 is 5.32 Å². The van der Waals surface area contributed by atoms with Gasteiger partial charge in [0.05, 0.1) is 10.6 Å². The maximum absolute atomic E-state index is 13.3. The Kier molecular flexibility index (Phi) is 5.70. The first kappa shape index (κ1) is 20.9. The van der Waals surface area contributed by atoms with Gasteiger partial charge in [-0.1, -0.05) is 30.3 Å². The largest absolute Gasteiger partial charge is 0.370 e. The third kappa shape index (κ3) is 4.28. The number of sulfonamides is 1. The SMILES string of the molecule is Cc1nc([C@H](Nc2ccc([N+](=O)[O-])cc2S(=O)(=O)N2CCCC2)c2ccccc2)n[nH]1. The van der Waals surface area contributed by atoms with Gasteiger partial charge in [0.1, 0.15) is 16.8 Å². The molecule has 1 atom stereocenters.